The van der Waals surface area contributed by atoms with Gasteiger partial charge in [-0.3, -0.25) is 0 Å². The van der Waals surface area contributed by atoms with Gasteiger partial charge in [0.05, 0.1) is 6.10 Å². The Morgan fingerprint density at radius 1 is 0.826 bits per heavy atom. The lowest BCUT2D eigenvalue weighted by Crippen LogP contribution is -2.58. The van der Waals surface area contributed by atoms with Crippen molar-refractivity contribution in [1.82, 2.24) is 0 Å². The normalized spacial score (nSPS) is 34.7. The zero-order chi connectivity index (χ0) is 33.2. The van der Waals surface area contributed by atoms with Gasteiger partial charge in [0, 0.05) is 6.08 Å². The van der Waals surface area contributed by atoms with Crippen LogP contribution in [0.4, 0.5) is 0 Å². The Kier molecular flexibility index (Phi) is 14.4. The summed E-state index contributed by atoms with van der Waals surface area (Å²) in [4.78, 5) is 10.5. The predicted molar refractivity (Wildman–Crippen MR) is 195 cm³/mol. The molecule has 0 aromatic rings. The minimum atomic E-state index is -0.833. The second-order valence-electron chi connectivity index (χ2n) is 17.7. The molecule has 0 heterocycles. The molecule has 0 amide bonds. The lowest BCUT2D eigenvalue weighted by atomic mass is 9.39. The molecule has 3 fully saturated rings. The Balaban J connectivity index is 1.27. The molecule has 264 valence electrons. The number of hydrogen-bond donors (Lipinski definition) is 2. The van der Waals surface area contributed by atoms with Crippen LogP contribution in [0.25, 0.3) is 0 Å². The highest BCUT2D eigenvalue weighted by atomic mass is 16.4. The van der Waals surface area contributed by atoms with Crippen LogP contribution >= 0.6 is 0 Å². The van der Waals surface area contributed by atoms with Crippen LogP contribution in [-0.2, 0) is 4.79 Å². The van der Waals surface area contributed by atoms with Crippen LogP contribution < -0.4 is 0 Å². The van der Waals surface area contributed by atoms with E-state index in [1.54, 1.807) is 11.6 Å². The van der Waals surface area contributed by atoms with Crippen LogP contribution in [0.3, 0.4) is 0 Å². The zero-order valence-electron chi connectivity index (χ0n) is 31.0. The molecule has 8 atom stereocenters. The number of aliphatic hydroxyl groups excluding tert-OH is 1. The molecule has 0 spiro atoms. The first-order valence-corrected chi connectivity index (χ1v) is 20.3. The zero-order valence-corrected chi connectivity index (χ0v) is 31.0. The monoisotopic (exact) mass is 639 g/mol. The van der Waals surface area contributed by atoms with E-state index in [9.17, 15) is 9.90 Å². The van der Waals surface area contributed by atoms with Crippen molar-refractivity contribution in [1.29, 1.82) is 0 Å². The van der Waals surface area contributed by atoms with Crippen molar-refractivity contribution in [3.63, 3.8) is 0 Å². The summed E-state index contributed by atoms with van der Waals surface area (Å²) in [6.45, 7) is 12.8. The summed E-state index contributed by atoms with van der Waals surface area (Å²) in [5.41, 5.74) is 2.91. The molecule has 3 heteroatoms. The van der Waals surface area contributed by atoms with E-state index in [0.29, 0.717) is 16.2 Å². The van der Waals surface area contributed by atoms with Gasteiger partial charge in [0.1, 0.15) is 0 Å². The highest BCUT2D eigenvalue weighted by molar-refractivity contribution is 5.79. The highest BCUT2D eigenvalue weighted by Crippen LogP contribution is 2.73. The lowest BCUT2D eigenvalue weighted by Gasteiger charge is -2.66. The predicted octanol–water partition coefficient (Wildman–Crippen LogP) is 12.5. The molecule has 0 aliphatic heterocycles. The van der Waals surface area contributed by atoms with Crippen molar-refractivity contribution in [2.45, 2.75) is 195 Å². The molecular formula is C43H74O3. The maximum absolute atomic E-state index is 10.7. The number of carbonyl (C=O) groups is 1. The van der Waals surface area contributed by atoms with Gasteiger partial charge in [-0.2, -0.15) is 0 Å². The summed E-state index contributed by atoms with van der Waals surface area (Å²) in [5, 5.41) is 19.4. The van der Waals surface area contributed by atoms with Crippen LogP contribution in [0.15, 0.2) is 23.8 Å². The summed E-state index contributed by atoms with van der Waals surface area (Å²) < 4.78 is 0. The minimum absolute atomic E-state index is 0.120. The third-order valence-electron chi connectivity index (χ3n) is 14.5. The van der Waals surface area contributed by atoms with Gasteiger partial charge in [0.15, 0.2) is 0 Å². The molecule has 46 heavy (non-hydrogen) atoms. The molecule has 3 saturated carbocycles. The Morgan fingerprint density at radius 2 is 1.48 bits per heavy atom. The number of carboxylic acid groups (broad SMARTS) is 1. The number of hydrogen-bond acceptors (Lipinski definition) is 2. The fourth-order valence-electron chi connectivity index (χ4n) is 11.9. The molecule has 4 aliphatic rings. The lowest BCUT2D eigenvalue weighted by molar-refractivity contribution is -0.134. The summed E-state index contributed by atoms with van der Waals surface area (Å²) >= 11 is 0. The number of carboxylic acids is 1. The minimum Gasteiger partial charge on any atom is -0.478 e. The summed E-state index contributed by atoms with van der Waals surface area (Å²) in [7, 11) is 0. The van der Waals surface area contributed by atoms with Crippen molar-refractivity contribution < 1.29 is 15.0 Å². The van der Waals surface area contributed by atoms with Crippen LogP contribution in [0.2, 0.25) is 0 Å². The van der Waals surface area contributed by atoms with E-state index in [0.717, 1.165) is 55.3 Å². The Morgan fingerprint density at radius 3 is 2.13 bits per heavy atom. The fraction of sp³-hybridized carbons (Fsp3) is 0.884. The van der Waals surface area contributed by atoms with Gasteiger partial charge >= 0.3 is 5.97 Å². The van der Waals surface area contributed by atoms with Crippen molar-refractivity contribution in [2.75, 3.05) is 0 Å². The number of rotatable bonds is 20. The van der Waals surface area contributed by atoms with Crippen molar-refractivity contribution in [3.05, 3.63) is 23.8 Å². The number of aliphatic hydroxyl groups is 1. The van der Waals surface area contributed by atoms with Crippen molar-refractivity contribution in [2.24, 2.45) is 45.8 Å². The Bertz CT molecular complexity index is 996. The Hall–Kier alpha value is -1.09. The fourth-order valence-corrected chi connectivity index (χ4v) is 11.9. The first-order chi connectivity index (χ1) is 22.0. The van der Waals surface area contributed by atoms with Gasteiger partial charge < -0.3 is 10.2 Å². The maximum Gasteiger partial charge on any atom is 0.327 e. The van der Waals surface area contributed by atoms with E-state index in [1.807, 2.05) is 0 Å². The quantitative estimate of drug-likeness (QED) is 0.0792. The van der Waals surface area contributed by atoms with Crippen LogP contribution in [-0.4, -0.2) is 22.3 Å². The maximum atomic E-state index is 10.7. The summed E-state index contributed by atoms with van der Waals surface area (Å²) in [5.74, 6) is 3.51. The standard InChI is InChI=1S/C43H74O3/c1-33(2)20-19-21-34(3)37-25-26-38-39-24-23-35-32-36(44)27-29-42(35,5)43(39,31-30-41(37,38)4)28-18-16-14-12-10-8-6-7-9-11-13-15-17-22-40(45)46/h17,22-23,33-34,36-39,44H,6-16,18-21,24-32H2,1-5H3,(H,45,46)/t34-,36+,37-,38+,39+,41-,42+,43?/m1/s1. The topological polar surface area (TPSA) is 57.5 Å². The molecule has 2 N–H and O–H groups in total. The smallest absolute Gasteiger partial charge is 0.327 e. The number of allylic oxidation sites excluding steroid dienone is 2. The molecule has 0 aromatic carbocycles. The van der Waals surface area contributed by atoms with Crippen molar-refractivity contribution in [3.8, 4) is 0 Å². The van der Waals surface area contributed by atoms with E-state index >= 15 is 0 Å². The van der Waals surface area contributed by atoms with Gasteiger partial charge in [0.2, 0.25) is 0 Å². The van der Waals surface area contributed by atoms with E-state index in [1.165, 1.54) is 134 Å². The van der Waals surface area contributed by atoms with Gasteiger partial charge in [-0.15, -0.1) is 0 Å². The van der Waals surface area contributed by atoms with Crippen molar-refractivity contribution >= 4 is 5.97 Å². The summed E-state index contributed by atoms with van der Waals surface area (Å²) in [6.07, 6.45) is 37.0. The molecule has 0 radical (unpaired) electrons. The average Bonchev–Trinajstić information content (AvgIpc) is 3.36. The van der Waals surface area contributed by atoms with Crippen LogP contribution in [0.1, 0.15) is 189 Å². The second-order valence-corrected chi connectivity index (χ2v) is 17.7. The van der Waals surface area contributed by atoms with Crippen LogP contribution in [0, 0.1) is 45.8 Å². The van der Waals surface area contributed by atoms with Gasteiger partial charge in [-0.25, -0.2) is 4.79 Å². The van der Waals surface area contributed by atoms with E-state index < -0.39 is 5.97 Å². The number of unbranched alkanes of at least 4 members (excludes halogenated alkanes) is 11. The van der Waals surface area contributed by atoms with Crippen LogP contribution in [0.5, 0.6) is 0 Å². The van der Waals surface area contributed by atoms with Gasteiger partial charge in [-0.1, -0.05) is 136 Å². The SMILES string of the molecule is CC(C)CCC[C@@H](C)[C@H]1CC[C@H]2[C@@H]3CC=C4C[C@@H](O)CC[C@]4(C)C3(CCCCCCCCCCCCCC=CC(=O)O)CC[C@]12C. The molecule has 0 aromatic heterocycles. The highest BCUT2D eigenvalue weighted by Gasteiger charge is 2.65. The van der Waals surface area contributed by atoms with E-state index in [-0.39, 0.29) is 6.10 Å². The number of aliphatic carboxylic acids is 1. The molecule has 1 unspecified atom stereocenters. The molecule has 3 nitrogen and oxygen atoms in total. The molecular weight excluding hydrogens is 564 g/mol. The van der Waals surface area contributed by atoms with Gasteiger partial charge in [-0.05, 0) is 116 Å². The Labute approximate surface area is 284 Å². The molecule has 0 bridgehead atoms. The second kappa shape index (κ2) is 17.5. The molecule has 4 rings (SSSR count). The van der Waals surface area contributed by atoms with E-state index in [4.69, 9.17) is 5.11 Å². The van der Waals surface area contributed by atoms with Gasteiger partial charge in [0.25, 0.3) is 0 Å². The van der Waals surface area contributed by atoms with E-state index in [2.05, 4.69) is 40.7 Å². The largest absolute Gasteiger partial charge is 0.478 e. The third-order valence-corrected chi connectivity index (χ3v) is 14.5. The first kappa shape index (κ1) is 37.7. The summed E-state index contributed by atoms with van der Waals surface area (Å²) in [6, 6.07) is 0. The number of fused-ring (bicyclic) bond motifs is 5. The average molecular weight is 639 g/mol. The first-order valence-electron chi connectivity index (χ1n) is 20.3. The third kappa shape index (κ3) is 8.92. The molecule has 4 aliphatic carbocycles. The molecule has 0 saturated heterocycles.